The Balaban J connectivity index is 0.00000364. The normalized spacial score (nSPS) is 10.8. The Kier molecular flexibility index (Phi) is 12.0. The number of ether oxygens (including phenoxy) is 2. The summed E-state index contributed by atoms with van der Waals surface area (Å²) in [6.07, 6.45) is 4.28. The van der Waals surface area contributed by atoms with Crippen LogP contribution in [0.15, 0.2) is 64.7 Å². The van der Waals surface area contributed by atoms with Crippen molar-refractivity contribution in [3.05, 3.63) is 66.6 Å². The summed E-state index contributed by atoms with van der Waals surface area (Å²) in [5, 5.41) is 6.47. The fourth-order valence-electron chi connectivity index (χ4n) is 2.24. The van der Waals surface area contributed by atoms with Crippen molar-refractivity contribution in [3.8, 4) is 5.75 Å². The van der Waals surface area contributed by atoms with E-state index in [4.69, 9.17) is 13.9 Å². The fourth-order valence-corrected chi connectivity index (χ4v) is 2.24. The Morgan fingerprint density at radius 2 is 2.04 bits per heavy atom. The summed E-state index contributed by atoms with van der Waals surface area (Å²) in [6.45, 7) is 6.78. The summed E-state index contributed by atoms with van der Waals surface area (Å²) in [5.74, 6) is 2.53. The predicted octanol–water partition coefficient (Wildman–Crippen LogP) is 3.39. The van der Waals surface area contributed by atoms with E-state index in [-0.39, 0.29) is 24.0 Å². The first-order valence-corrected chi connectivity index (χ1v) is 8.68. The van der Waals surface area contributed by atoms with Gasteiger partial charge in [-0.3, -0.25) is 4.99 Å². The molecule has 2 rings (SSSR count). The summed E-state index contributed by atoms with van der Waals surface area (Å²) < 4.78 is 16.1. The van der Waals surface area contributed by atoms with Gasteiger partial charge in [0.05, 0.1) is 33.1 Å². The van der Waals surface area contributed by atoms with Crippen LogP contribution in [0.25, 0.3) is 0 Å². The molecular weight excluding hydrogens is 457 g/mol. The largest absolute Gasteiger partial charge is 0.497 e. The Morgan fingerprint density at radius 3 is 2.70 bits per heavy atom. The number of benzene rings is 1. The van der Waals surface area contributed by atoms with Gasteiger partial charge < -0.3 is 24.5 Å². The summed E-state index contributed by atoms with van der Waals surface area (Å²) in [4.78, 5) is 4.51. The first kappa shape index (κ1) is 23.0. The van der Waals surface area contributed by atoms with Gasteiger partial charge in [-0.05, 0) is 29.8 Å². The molecule has 0 saturated heterocycles. The zero-order valence-electron chi connectivity index (χ0n) is 15.6. The molecule has 0 saturated carbocycles. The van der Waals surface area contributed by atoms with Gasteiger partial charge in [0.25, 0.3) is 0 Å². The first-order chi connectivity index (χ1) is 12.8. The minimum atomic E-state index is 0. The maximum Gasteiger partial charge on any atom is 0.191 e. The van der Waals surface area contributed by atoms with Gasteiger partial charge in [0, 0.05) is 19.5 Å². The monoisotopic (exact) mass is 485 g/mol. The Hall–Kier alpha value is -2.00. The van der Waals surface area contributed by atoms with Crippen molar-refractivity contribution >= 4 is 29.9 Å². The van der Waals surface area contributed by atoms with Crippen LogP contribution >= 0.6 is 24.0 Å². The number of hydrogen-bond donors (Lipinski definition) is 2. The van der Waals surface area contributed by atoms with Crippen LogP contribution in [0.1, 0.15) is 11.3 Å². The number of aliphatic imine (C=N–C) groups is 1. The predicted molar refractivity (Wildman–Crippen MR) is 119 cm³/mol. The third kappa shape index (κ3) is 9.48. The van der Waals surface area contributed by atoms with E-state index in [0.29, 0.717) is 26.3 Å². The summed E-state index contributed by atoms with van der Waals surface area (Å²) in [7, 11) is 1.66. The Morgan fingerprint density at radius 1 is 1.22 bits per heavy atom. The molecule has 1 aromatic heterocycles. The molecule has 7 heteroatoms. The molecule has 0 aliphatic rings. The average Bonchev–Trinajstić information content (AvgIpc) is 3.19. The van der Waals surface area contributed by atoms with Crippen LogP contribution in [-0.4, -0.2) is 39.3 Å². The summed E-state index contributed by atoms with van der Waals surface area (Å²) in [6, 6.07) is 11.7. The highest BCUT2D eigenvalue weighted by Crippen LogP contribution is 2.11. The second-order valence-electron chi connectivity index (χ2n) is 5.56. The van der Waals surface area contributed by atoms with Crippen molar-refractivity contribution in [1.82, 2.24) is 10.6 Å². The van der Waals surface area contributed by atoms with Crippen molar-refractivity contribution < 1.29 is 13.9 Å². The number of nitrogens with one attached hydrogen (secondary N) is 2. The molecule has 0 spiro atoms. The van der Waals surface area contributed by atoms with Gasteiger partial charge in [0.15, 0.2) is 5.96 Å². The van der Waals surface area contributed by atoms with Crippen LogP contribution in [0.2, 0.25) is 0 Å². The molecule has 148 valence electrons. The highest BCUT2D eigenvalue weighted by atomic mass is 127. The number of nitrogens with zero attached hydrogens (tertiary/aromatic N) is 1. The molecule has 0 amide bonds. The minimum absolute atomic E-state index is 0. The van der Waals surface area contributed by atoms with Gasteiger partial charge in [-0.15, -0.1) is 30.6 Å². The molecule has 0 fully saturated rings. The van der Waals surface area contributed by atoms with E-state index >= 15 is 0 Å². The average molecular weight is 485 g/mol. The smallest absolute Gasteiger partial charge is 0.191 e. The lowest BCUT2D eigenvalue weighted by Gasteiger charge is -2.11. The maximum atomic E-state index is 5.67. The van der Waals surface area contributed by atoms with Crippen molar-refractivity contribution in [2.45, 2.75) is 13.0 Å². The van der Waals surface area contributed by atoms with E-state index in [9.17, 15) is 0 Å². The second kappa shape index (κ2) is 14.1. The van der Waals surface area contributed by atoms with Crippen LogP contribution in [0.4, 0.5) is 0 Å². The molecule has 0 unspecified atom stereocenters. The van der Waals surface area contributed by atoms with Gasteiger partial charge in [0.2, 0.25) is 0 Å². The van der Waals surface area contributed by atoms with E-state index in [1.165, 1.54) is 0 Å². The van der Waals surface area contributed by atoms with Crippen molar-refractivity contribution in [3.63, 3.8) is 0 Å². The lowest BCUT2D eigenvalue weighted by Crippen LogP contribution is -2.38. The van der Waals surface area contributed by atoms with Crippen LogP contribution < -0.4 is 15.4 Å². The Labute approximate surface area is 178 Å². The molecular formula is C20H28IN3O3. The molecule has 0 radical (unpaired) electrons. The molecule has 2 N–H and O–H groups in total. The number of furan rings is 1. The molecule has 27 heavy (non-hydrogen) atoms. The number of hydrogen-bond acceptors (Lipinski definition) is 4. The second-order valence-corrected chi connectivity index (χ2v) is 5.56. The van der Waals surface area contributed by atoms with Gasteiger partial charge in [-0.25, -0.2) is 0 Å². The number of methoxy groups -OCH3 is 1. The van der Waals surface area contributed by atoms with Gasteiger partial charge in [-0.1, -0.05) is 18.2 Å². The van der Waals surface area contributed by atoms with Crippen LogP contribution in [0.5, 0.6) is 5.75 Å². The molecule has 2 aromatic rings. The lowest BCUT2D eigenvalue weighted by molar-refractivity contribution is 0.128. The SMILES string of the molecule is C=CCNC(=NCCOCc1ccc(OC)cc1)NCCc1ccco1.I. The molecule has 1 aromatic carbocycles. The topological polar surface area (TPSA) is 68.0 Å². The molecule has 1 heterocycles. The van der Waals surface area contributed by atoms with E-state index in [1.807, 2.05) is 36.4 Å². The van der Waals surface area contributed by atoms with E-state index < -0.39 is 0 Å². The highest BCUT2D eigenvalue weighted by Gasteiger charge is 2.00. The number of rotatable bonds is 11. The molecule has 0 aliphatic heterocycles. The number of guanidine groups is 1. The zero-order chi connectivity index (χ0) is 18.5. The van der Waals surface area contributed by atoms with Crippen LogP contribution in [0.3, 0.4) is 0 Å². The van der Waals surface area contributed by atoms with Crippen molar-refractivity contribution in [1.29, 1.82) is 0 Å². The first-order valence-electron chi connectivity index (χ1n) is 8.68. The van der Waals surface area contributed by atoms with E-state index in [1.54, 1.807) is 19.4 Å². The van der Waals surface area contributed by atoms with E-state index in [2.05, 4.69) is 22.2 Å². The lowest BCUT2D eigenvalue weighted by atomic mass is 10.2. The third-order valence-electron chi connectivity index (χ3n) is 3.59. The minimum Gasteiger partial charge on any atom is -0.497 e. The molecule has 0 bridgehead atoms. The van der Waals surface area contributed by atoms with Gasteiger partial charge in [-0.2, -0.15) is 0 Å². The summed E-state index contributed by atoms with van der Waals surface area (Å²) >= 11 is 0. The zero-order valence-corrected chi connectivity index (χ0v) is 18.0. The quantitative estimate of drug-likeness (QED) is 0.168. The van der Waals surface area contributed by atoms with Crippen molar-refractivity contribution in [2.75, 3.05) is 33.4 Å². The van der Waals surface area contributed by atoms with Crippen molar-refractivity contribution in [2.24, 2.45) is 4.99 Å². The van der Waals surface area contributed by atoms with Crippen LogP contribution in [0, 0.1) is 0 Å². The standard InChI is InChI=1S/C20H27N3O3.HI/c1-3-11-21-20(22-12-10-19-5-4-14-26-19)23-13-15-25-16-17-6-8-18(24-2)9-7-17;/h3-9,14H,1,10-13,15-16H2,2H3,(H2,21,22,23);1H. The molecule has 0 atom stereocenters. The highest BCUT2D eigenvalue weighted by molar-refractivity contribution is 14.0. The summed E-state index contributed by atoms with van der Waals surface area (Å²) in [5.41, 5.74) is 1.11. The maximum absolute atomic E-state index is 5.67. The van der Waals surface area contributed by atoms with E-state index in [0.717, 1.165) is 36.0 Å². The molecule has 0 aliphatic carbocycles. The van der Waals surface area contributed by atoms with Gasteiger partial charge in [0.1, 0.15) is 11.5 Å². The van der Waals surface area contributed by atoms with Gasteiger partial charge >= 0.3 is 0 Å². The Bertz CT molecular complexity index is 658. The van der Waals surface area contributed by atoms with Crippen LogP contribution in [-0.2, 0) is 17.8 Å². The fraction of sp³-hybridized carbons (Fsp3) is 0.350. The third-order valence-corrected chi connectivity index (χ3v) is 3.59. The number of halogens is 1. The molecule has 6 nitrogen and oxygen atoms in total.